The van der Waals surface area contributed by atoms with Gasteiger partial charge in [-0.2, -0.15) is 0 Å². The minimum atomic E-state index is -1.71. The summed E-state index contributed by atoms with van der Waals surface area (Å²) in [6, 6.07) is 10.6. The van der Waals surface area contributed by atoms with E-state index >= 15 is 0 Å². The lowest BCUT2D eigenvalue weighted by Gasteiger charge is -2.43. The lowest BCUT2D eigenvalue weighted by molar-refractivity contribution is -0.329. The van der Waals surface area contributed by atoms with Gasteiger partial charge in [0.1, 0.15) is 36.6 Å². The molecular weight excluding hydrogens is 536 g/mol. The maximum Gasteiger partial charge on any atom is 0.338 e. The van der Waals surface area contributed by atoms with E-state index in [1.54, 1.807) is 24.3 Å². The van der Waals surface area contributed by atoms with Crippen LogP contribution < -0.4 is 0 Å². The molecule has 14 nitrogen and oxygen atoms in total. The zero-order valence-electron chi connectivity index (χ0n) is 21.3. The lowest BCUT2D eigenvalue weighted by Crippen LogP contribution is -2.61. The third-order valence-electron chi connectivity index (χ3n) is 6.68. The monoisotopic (exact) mass is 568 g/mol. The number of aliphatic hydroxyl groups is 5. The molecule has 0 bridgehead atoms. The Morgan fingerprint density at radius 3 is 2.10 bits per heavy atom. The van der Waals surface area contributed by atoms with Crippen molar-refractivity contribution in [2.45, 2.75) is 74.9 Å². The van der Waals surface area contributed by atoms with Crippen LogP contribution in [0.1, 0.15) is 22.8 Å². The van der Waals surface area contributed by atoms with Crippen molar-refractivity contribution in [1.29, 1.82) is 0 Å². The molecule has 0 aromatic heterocycles. The number of hydrogen-bond donors (Lipinski definition) is 8. The van der Waals surface area contributed by atoms with Crippen LogP contribution in [0.5, 0.6) is 17.2 Å². The second-order valence-electron chi connectivity index (χ2n) is 9.57. The fraction of sp³-hybridized carbons (Fsp3) is 0.500. The first-order valence-corrected chi connectivity index (χ1v) is 12.4. The van der Waals surface area contributed by atoms with Gasteiger partial charge >= 0.3 is 5.97 Å². The first-order chi connectivity index (χ1) is 19.0. The first kappa shape index (κ1) is 29.9. The van der Waals surface area contributed by atoms with E-state index in [0.717, 1.165) is 17.7 Å². The summed E-state index contributed by atoms with van der Waals surface area (Å²) in [5, 5.41) is 80.9. The molecule has 0 aliphatic carbocycles. The smallest absolute Gasteiger partial charge is 0.338 e. The van der Waals surface area contributed by atoms with Gasteiger partial charge in [0.05, 0.1) is 24.9 Å². The van der Waals surface area contributed by atoms with E-state index in [1.807, 2.05) is 6.07 Å². The molecule has 10 atom stereocenters. The predicted octanol–water partition coefficient (Wildman–Crippen LogP) is -1.16. The van der Waals surface area contributed by atoms with Crippen LogP contribution in [-0.2, 0) is 30.3 Å². The van der Waals surface area contributed by atoms with Crippen LogP contribution in [0.25, 0.3) is 0 Å². The lowest BCUT2D eigenvalue weighted by atomic mass is 9.98. The molecule has 2 aromatic carbocycles. The largest absolute Gasteiger partial charge is 0.504 e. The third kappa shape index (κ3) is 6.46. The number of aliphatic hydroxyl groups excluding tert-OH is 5. The number of carbonyl (C=O) groups is 1. The maximum absolute atomic E-state index is 12.7. The Balaban J connectivity index is 1.44. The summed E-state index contributed by atoms with van der Waals surface area (Å²) in [4.78, 5) is 12.7. The van der Waals surface area contributed by atoms with Gasteiger partial charge in [-0.3, -0.25) is 0 Å². The summed E-state index contributed by atoms with van der Waals surface area (Å²) in [7, 11) is 0. The van der Waals surface area contributed by atoms with E-state index in [4.69, 9.17) is 23.7 Å². The van der Waals surface area contributed by atoms with Crippen molar-refractivity contribution in [3.05, 3.63) is 53.6 Å². The number of ether oxygens (including phenoxy) is 5. The molecule has 2 aromatic rings. The topological polar surface area (TPSA) is 225 Å². The number of hydrogen-bond acceptors (Lipinski definition) is 14. The van der Waals surface area contributed by atoms with Crippen molar-refractivity contribution in [2.75, 3.05) is 6.61 Å². The van der Waals surface area contributed by atoms with Crippen molar-refractivity contribution < 1.29 is 69.3 Å². The summed E-state index contributed by atoms with van der Waals surface area (Å²) in [6.45, 7) is 0.968. The van der Waals surface area contributed by atoms with E-state index in [-0.39, 0.29) is 6.61 Å². The summed E-state index contributed by atoms with van der Waals surface area (Å²) in [6.07, 6.45) is -14.8. The van der Waals surface area contributed by atoms with E-state index in [0.29, 0.717) is 0 Å². The summed E-state index contributed by atoms with van der Waals surface area (Å²) < 4.78 is 27.7. The van der Waals surface area contributed by atoms with Crippen molar-refractivity contribution in [2.24, 2.45) is 0 Å². The van der Waals surface area contributed by atoms with Gasteiger partial charge in [-0.25, -0.2) is 4.79 Å². The first-order valence-electron chi connectivity index (χ1n) is 12.4. The predicted molar refractivity (Wildman–Crippen MR) is 131 cm³/mol. The van der Waals surface area contributed by atoms with Crippen molar-refractivity contribution >= 4 is 5.97 Å². The highest BCUT2D eigenvalue weighted by Gasteiger charge is 2.48. The van der Waals surface area contributed by atoms with Gasteiger partial charge in [0.15, 0.2) is 35.9 Å². The molecule has 220 valence electrons. The minimum absolute atomic E-state index is 0.0344. The normalized spacial score (nSPS) is 34.4. The third-order valence-corrected chi connectivity index (χ3v) is 6.68. The SMILES string of the molecule is CC1OC(OCC2OC(OCc3ccccc3)C(O)C(O)C2O)C(OC(=O)c2cc(O)c(O)c(O)c2)C(O)C1O. The number of esters is 1. The Bertz CT molecular complexity index is 1120. The molecule has 0 saturated carbocycles. The van der Waals surface area contributed by atoms with E-state index in [9.17, 15) is 45.6 Å². The molecule has 2 heterocycles. The molecule has 2 fully saturated rings. The Hall–Kier alpha value is -3.05. The van der Waals surface area contributed by atoms with Gasteiger partial charge in [-0.1, -0.05) is 30.3 Å². The van der Waals surface area contributed by atoms with Crippen LogP contribution in [-0.4, -0.2) is 115 Å². The quantitative estimate of drug-likeness (QED) is 0.139. The highest BCUT2D eigenvalue weighted by molar-refractivity contribution is 5.91. The fourth-order valence-corrected chi connectivity index (χ4v) is 4.31. The van der Waals surface area contributed by atoms with Gasteiger partial charge in [0.2, 0.25) is 0 Å². The number of phenols is 3. The Morgan fingerprint density at radius 1 is 0.800 bits per heavy atom. The van der Waals surface area contributed by atoms with Crippen molar-refractivity contribution in [3.63, 3.8) is 0 Å². The Morgan fingerprint density at radius 2 is 1.45 bits per heavy atom. The van der Waals surface area contributed by atoms with Crippen molar-refractivity contribution in [1.82, 2.24) is 0 Å². The zero-order valence-corrected chi connectivity index (χ0v) is 21.3. The maximum atomic E-state index is 12.7. The summed E-state index contributed by atoms with van der Waals surface area (Å²) in [5.74, 6) is -3.63. The van der Waals surface area contributed by atoms with Gasteiger partial charge in [0.25, 0.3) is 0 Å². The molecular formula is C26H32O14. The Kier molecular flexibility index (Phi) is 9.45. The number of phenolic OH excluding ortho intramolecular Hbond substituents is 3. The molecule has 14 heteroatoms. The molecule has 2 saturated heterocycles. The molecule has 0 radical (unpaired) electrons. The van der Waals surface area contributed by atoms with Crippen LogP contribution >= 0.6 is 0 Å². The fourth-order valence-electron chi connectivity index (χ4n) is 4.31. The number of benzene rings is 2. The average Bonchev–Trinajstić information content (AvgIpc) is 2.94. The minimum Gasteiger partial charge on any atom is -0.504 e. The second-order valence-corrected chi connectivity index (χ2v) is 9.57. The van der Waals surface area contributed by atoms with Crippen LogP contribution in [0.2, 0.25) is 0 Å². The molecule has 2 aliphatic heterocycles. The molecule has 0 amide bonds. The number of rotatable bonds is 8. The molecule has 40 heavy (non-hydrogen) atoms. The van der Waals surface area contributed by atoms with Gasteiger partial charge in [-0.15, -0.1) is 0 Å². The van der Waals surface area contributed by atoms with Crippen LogP contribution in [0.4, 0.5) is 0 Å². The molecule has 0 spiro atoms. The van der Waals surface area contributed by atoms with E-state index < -0.39 is 96.8 Å². The highest BCUT2D eigenvalue weighted by atomic mass is 16.7. The van der Waals surface area contributed by atoms with Crippen LogP contribution in [0.3, 0.4) is 0 Å². The summed E-state index contributed by atoms with van der Waals surface area (Å²) in [5.41, 5.74) is 0.372. The van der Waals surface area contributed by atoms with Crippen LogP contribution in [0.15, 0.2) is 42.5 Å². The Labute approximate surface area is 228 Å². The summed E-state index contributed by atoms with van der Waals surface area (Å²) >= 11 is 0. The molecule has 10 unspecified atom stereocenters. The number of aromatic hydroxyl groups is 3. The second kappa shape index (κ2) is 12.6. The zero-order chi connectivity index (χ0) is 29.1. The van der Waals surface area contributed by atoms with Crippen LogP contribution in [0, 0.1) is 0 Å². The standard InChI is InChI=1S/C26H32O14/c1-11-17(29)21(33)23(40-24(35)13-7-14(27)18(30)15(28)8-13)26(38-11)37-10-16-19(31)20(32)22(34)25(39-16)36-9-12-5-3-2-4-6-12/h2-8,11,16-17,19-23,25-34H,9-10H2,1H3. The number of carbonyl (C=O) groups excluding carboxylic acids is 1. The highest BCUT2D eigenvalue weighted by Crippen LogP contribution is 2.36. The molecule has 4 rings (SSSR count). The average molecular weight is 569 g/mol. The van der Waals surface area contributed by atoms with Gasteiger partial charge in [-0.05, 0) is 24.6 Å². The van der Waals surface area contributed by atoms with Crippen molar-refractivity contribution in [3.8, 4) is 17.2 Å². The molecule has 8 N–H and O–H groups in total. The van der Waals surface area contributed by atoms with Gasteiger partial charge < -0.3 is 64.5 Å². The van der Waals surface area contributed by atoms with E-state index in [2.05, 4.69) is 0 Å². The molecule has 2 aliphatic rings. The van der Waals surface area contributed by atoms with Gasteiger partial charge in [0, 0.05) is 0 Å². The van der Waals surface area contributed by atoms with E-state index in [1.165, 1.54) is 6.92 Å².